The van der Waals surface area contributed by atoms with E-state index in [1.807, 2.05) is 54.6 Å². The molecule has 1 N–H and O–H groups in total. The third kappa shape index (κ3) is 3.62. The van der Waals surface area contributed by atoms with E-state index in [2.05, 4.69) is 10.3 Å². The van der Waals surface area contributed by atoms with Gasteiger partial charge in [0.05, 0.1) is 24.6 Å². The van der Waals surface area contributed by atoms with Crippen molar-refractivity contribution in [3.8, 4) is 16.8 Å². The van der Waals surface area contributed by atoms with E-state index in [0.29, 0.717) is 12.3 Å². The highest BCUT2D eigenvalue weighted by atomic mass is 16.5. The Hall–Kier alpha value is -3.52. The SMILES string of the molecule is Cc1c(C(=O)N2CCOCC2C(=O)O)nnn1-c1ccc(-c2ccccc2)cc1. The summed E-state index contributed by atoms with van der Waals surface area (Å²) in [6.45, 7) is 2.21. The van der Waals surface area contributed by atoms with Crippen LogP contribution in [0.15, 0.2) is 54.6 Å². The van der Waals surface area contributed by atoms with Gasteiger partial charge in [-0.05, 0) is 30.2 Å². The number of aliphatic carboxylic acids is 1. The van der Waals surface area contributed by atoms with E-state index in [4.69, 9.17) is 4.74 Å². The quantitative estimate of drug-likeness (QED) is 0.731. The van der Waals surface area contributed by atoms with Crippen LogP contribution < -0.4 is 0 Å². The van der Waals surface area contributed by atoms with E-state index >= 15 is 0 Å². The van der Waals surface area contributed by atoms with Gasteiger partial charge < -0.3 is 14.7 Å². The van der Waals surface area contributed by atoms with E-state index in [-0.39, 0.29) is 18.8 Å². The Kier molecular flexibility index (Phi) is 5.09. The Morgan fingerprint density at radius 3 is 2.45 bits per heavy atom. The number of carbonyl (C=O) groups is 2. The number of ether oxygens (including phenoxy) is 1. The monoisotopic (exact) mass is 392 g/mol. The van der Waals surface area contributed by atoms with Crippen LogP contribution in [0.25, 0.3) is 16.8 Å². The van der Waals surface area contributed by atoms with Crippen molar-refractivity contribution in [2.24, 2.45) is 0 Å². The molecule has 4 rings (SSSR count). The Balaban J connectivity index is 1.60. The smallest absolute Gasteiger partial charge is 0.328 e. The van der Waals surface area contributed by atoms with E-state index < -0.39 is 17.9 Å². The van der Waals surface area contributed by atoms with Crippen LogP contribution in [0.5, 0.6) is 0 Å². The molecule has 0 radical (unpaired) electrons. The van der Waals surface area contributed by atoms with E-state index in [9.17, 15) is 14.7 Å². The molecule has 1 unspecified atom stereocenters. The van der Waals surface area contributed by atoms with Gasteiger partial charge in [-0.2, -0.15) is 0 Å². The highest BCUT2D eigenvalue weighted by molar-refractivity contribution is 5.96. The lowest BCUT2D eigenvalue weighted by Gasteiger charge is -2.32. The first-order valence-electron chi connectivity index (χ1n) is 9.26. The maximum Gasteiger partial charge on any atom is 0.328 e. The van der Waals surface area contributed by atoms with Crippen LogP contribution in [0.1, 0.15) is 16.2 Å². The molecule has 1 saturated heterocycles. The van der Waals surface area contributed by atoms with Gasteiger partial charge in [-0.15, -0.1) is 5.10 Å². The van der Waals surface area contributed by atoms with Crippen molar-refractivity contribution >= 4 is 11.9 Å². The first-order chi connectivity index (χ1) is 14.1. The Labute approximate surface area is 167 Å². The third-order valence-corrected chi connectivity index (χ3v) is 4.99. The van der Waals surface area contributed by atoms with Gasteiger partial charge in [-0.1, -0.05) is 47.7 Å². The number of carboxylic acids is 1. The predicted molar refractivity (Wildman–Crippen MR) is 105 cm³/mol. The number of hydrogen-bond acceptors (Lipinski definition) is 5. The highest BCUT2D eigenvalue weighted by Crippen LogP contribution is 2.22. The predicted octanol–water partition coefficient (Wildman–Crippen LogP) is 2.17. The standard InChI is InChI=1S/C21H20N4O4/c1-14-19(20(26)24-11-12-29-13-18(24)21(27)28)22-23-25(14)17-9-7-16(8-10-17)15-5-3-2-4-6-15/h2-10,18H,11-13H2,1H3,(H,27,28). The molecule has 0 saturated carbocycles. The number of rotatable bonds is 4. The molecule has 29 heavy (non-hydrogen) atoms. The molecule has 2 aromatic carbocycles. The molecule has 148 valence electrons. The first-order valence-corrected chi connectivity index (χ1v) is 9.26. The van der Waals surface area contributed by atoms with Gasteiger partial charge in [-0.3, -0.25) is 4.79 Å². The summed E-state index contributed by atoms with van der Waals surface area (Å²) in [5, 5.41) is 17.5. The summed E-state index contributed by atoms with van der Waals surface area (Å²) in [6.07, 6.45) is 0. The van der Waals surface area contributed by atoms with Gasteiger partial charge in [0.25, 0.3) is 5.91 Å². The number of aromatic nitrogens is 3. The van der Waals surface area contributed by atoms with E-state index in [0.717, 1.165) is 16.8 Å². The number of morpholine rings is 1. The van der Waals surface area contributed by atoms with Crippen LogP contribution in [-0.4, -0.2) is 62.7 Å². The zero-order chi connectivity index (χ0) is 20.4. The number of hydrogen-bond donors (Lipinski definition) is 1. The van der Waals surface area contributed by atoms with Gasteiger partial charge in [0.1, 0.15) is 0 Å². The minimum absolute atomic E-state index is 0.0325. The summed E-state index contributed by atoms with van der Waals surface area (Å²) in [4.78, 5) is 25.6. The van der Waals surface area contributed by atoms with E-state index in [1.54, 1.807) is 11.6 Å². The normalized spacial score (nSPS) is 16.6. The summed E-state index contributed by atoms with van der Waals surface area (Å²) >= 11 is 0. The molecule has 0 bridgehead atoms. The van der Waals surface area contributed by atoms with Crippen molar-refractivity contribution in [2.75, 3.05) is 19.8 Å². The largest absolute Gasteiger partial charge is 0.480 e. The maximum absolute atomic E-state index is 12.9. The lowest BCUT2D eigenvalue weighted by Crippen LogP contribution is -2.52. The molecule has 1 atom stereocenters. The molecule has 2 heterocycles. The molecule has 1 amide bonds. The Bertz CT molecular complexity index is 1030. The highest BCUT2D eigenvalue weighted by Gasteiger charge is 2.35. The van der Waals surface area contributed by atoms with Gasteiger partial charge in [0, 0.05) is 6.54 Å². The Morgan fingerprint density at radius 1 is 1.07 bits per heavy atom. The van der Waals surface area contributed by atoms with Crippen LogP contribution >= 0.6 is 0 Å². The molecule has 1 aliphatic rings. The number of carbonyl (C=O) groups excluding carboxylic acids is 1. The molecular weight excluding hydrogens is 372 g/mol. The molecule has 0 spiro atoms. The zero-order valence-corrected chi connectivity index (χ0v) is 15.9. The lowest BCUT2D eigenvalue weighted by molar-refractivity contribution is -0.147. The van der Waals surface area contributed by atoms with Crippen LogP contribution in [0.2, 0.25) is 0 Å². The number of nitrogens with zero attached hydrogens (tertiary/aromatic N) is 4. The Morgan fingerprint density at radius 2 is 1.76 bits per heavy atom. The second kappa shape index (κ2) is 7.84. The fourth-order valence-corrected chi connectivity index (χ4v) is 3.39. The maximum atomic E-state index is 12.9. The number of benzene rings is 2. The fourth-order valence-electron chi connectivity index (χ4n) is 3.39. The van der Waals surface area contributed by atoms with Crippen molar-refractivity contribution in [2.45, 2.75) is 13.0 Å². The first kappa shape index (κ1) is 18.8. The number of carboxylic acid groups (broad SMARTS) is 1. The van der Waals surface area contributed by atoms with Crippen molar-refractivity contribution in [3.63, 3.8) is 0 Å². The molecule has 8 heteroatoms. The summed E-state index contributed by atoms with van der Waals surface area (Å²) < 4.78 is 6.78. The zero-order valence-electron chi connectivity index (χ0n) is 15.9. The van der Waals surface area contributed by atoms with Crippen LogP contribution in [-0.2, 0) is 9.53 Å². The minimum atomic E-state index is -1.10. The lowest BCUT2D eigenvalue weighted by atomic mass is 10.1. The van der Waals surface area contributed by atoms with Gasteiger partial charge in [0.15, 0.2) is 11.7 Å². The van der Waals surface area contributed by atoms with Crippen LogP contribution in [0.3, 0.4) is 0 Å². The van der Waals surface area contributed by atoms with Crippen molar-refractivity contribution in [1.82, 2.24) is 19.9 Å². The molecular formula is C21H20N4O4. The van der Waals surface area contributed by atoms with Crippen LogP contribution in [0, 0.1) is 6.92 Å². The fraction of sp³-hybridized carbons (Fsp3) is 0.238. The third-order valence-electron chi connectivity index (χ3n) is 4.99. The van der Waals surface area contributed by atoms with Gasteiger partial charge >= 0.3 is 5.97 Å². The average molecular weight is 392 g/mol. The molecule has 3 aromatic rings. The van der Waals surface area contributed by atoms with Gasteiger partial charge in [-0.25, -0.2) is 9.48 Å². The van der Waals surface area contributed by atoms with Crippen molar-refractivity contribution < 1.29 is 19.4 Å². The van der Waals surface area contributed by atoms with Crippen molar-refractivity contribution in [3.05, 3.63) is 66.0 Å². The topological polar surface area (TPSA) is 97.6 Å². The van der Waals surface area contributed by atoms with E-state index in [1.165, 1.54) is 4.90 Å². The van der Waals surface area contributed by atoms with Crippen molar-refractivity contribution in [1.29, 1.82) is 0 Å². The number of amides is 1. The summed E-state index contributed by atoms with van der Waals surface area (Å²) in [5.41, 5.74) is 3.65. The minimum Gasteiger partial charge on any atom is -0.480 e. The second-order valence-electron chi connectivity index (χ2n) is 6.78. The molecule has 8 nitrogen and oxygen atoms in total. The molecule has 1 aromatic heterocycles. The average Bonchev–Trinajstić information content (AvgIpc) is 3.15. The summed E-state index contributed by atoms with van der Waals surface area (Å²) in [6, 6.07) is 16.8. The molecule has 0 aliphatic carbocycles. The molecule has 1 fully saturated rings. The second-order valence-corrected chi connectivity index (χ2v) is 6.78. The summed E-state index contributed by atoms with van der Waals surface area (Å²) in [5.74, 6) is -1.55. The summed E-state index contributed by atoms with van der Waals surface area (Å²) in [7, 11) is 0. The van der Waals surface area contributed by atoms with Crippen LogP contribution in [0.4, 0.5) is 0 Å². The van der Waals surface area contributed by atoms with Gasteiger partial charge in [0.2, 0.25) is 0 Å². The molecule has 1 aliphatic heterocycles.